The van der Waals surface area contributed by atoms with Crippen molar-refractivity contribution in [3.63, 3.8) is 0 Å². The van der Waals surface area contributed by atoms with Gasteiger partial charge in [0.25, 0.3) is 11.8 Å². The lowest BCUT2D eigenvalue weighted by Gasteiger charge is -2.35. The highest BCUT2D eigenvalue weighted by Gasteiger charge is 2.62. The molecule has 2 amide bonds. The Morgan fingerprint density at radius 2 is 1.97 bits per heavy atom. The molecule has 0 fully saturated rings. The fourth-order valence-electron chi connectivity index (χ4n) is 3.68. The van der Waals surface area contributed by atoms with Crippen LogP contribution in [0.15, 0.2) is 30.3 Å². The number of Topliss-reactive ketones (excluding diaryl/α,β-unsaturated/α-hetero) is 1. The summed E-state index contributed by atoms with van der Waals surface area (Å²) in [4.78, 5) is 44.7. The van der Waals surface area contributed by atoms with Crippen LogP contribution in [0.3, 0.4) is 0 Å². The molecule has 10 nitrogen and oxygen atoms in total. The van der Waals surface area contributed by atoms with Gasteiger partial charge in [-0.05, 0) is 12.1 Å². The Kier molecular flexibility index (Phi) is 3.54. The van der Waals surface area contributed by atoms with E-state index in [1.807, 2.05) is 0 Å². The van der Waals surface area contributed by atoms with Crippen molar-refractivity contribution in [1.29, 1.82) is 0 Å². The summed E-state index contributed by atoms with van der Waals surface area (Å²) in [6, 6.07) is 7.69. The van der Waals surface area contributed by atoms with E-state index in [9.17, 15) is 18.8 Å². The minimum atomic E-state index is -1.65. The Bertz CT molecular complexity index is 1290. The fraction of sp³-hybridized carbons (Fsp3) is 0.158. The summed E-state index contributed by atoms with van der Waals surface area (Å²) in [5, 5.41) is 9.58. The predicted molar refractivity (Wildman–Crippen MR) is 102 cm³/mol. The molecule has 1 unspecified atom stereocenters. The summed E-state index contributed by atoms with van der Waals surface area (Å²) in [6.07, 6.45) is 0. The molecule has 0 saturated carbocycles. The van der Waals surface area contributed by atoms with Crippen LogP contribution in [0.1, 0.15) is 28.5 Å². The molecule has 30 heavy (non-hydrogen) atoms. The number of benzene rings is 1. The van der Waals surface area contributed by atoms with Gasteiger partial charge in [-0.15, -0.1) is 0 Å². The highest BCUT2D eigenvalue weighted by atomic mass is 19.1. The summed E-state index contributed by atoms with van der Waals surface area (Å²) >= 11 is 0. The average molecular weight is 407 g/mol. The number of carbonyl (C=O) groups excluding carboxylic acids is 3. The first-order valence-electron chi connectivity index (χ1n) is 8.96. The monoisotopic (exact) mass is 407 g/mol. The molecule has 4 heterocycles. The van der Waals surface area contributed by atoms with Crippen LogP contribution in [-0.4, -0.2) is 37.3 Å². The largest absolute Gasteiger partial charge is 0.367 e. The Morgan fingerprint density at radius 1 is 1.23 bits per heavy atom. The van der Waals surface area contributed by atoms with Gasteiger partial charge in [-0.2, -0.15) is 5.10 Å². The van der Waals surface area contributed by atoms with E-state index in [0.717, 1.165) is 0 Å². The number of rotatable bonds is 5. The second-order valence-corrected chi connectivity index (χ2v) is 7.03. The van der Waals surface area contributed by atoms with E-state index in [1.165, 1.54) is 23.7 Å². The lowest BCUT2D eigenvalue weighted by atomic mass is 9.85. The summed E-state index contributed by atoms with van der Waals surface area (Å²) in [5.41, 5.74) is 4.89. The number of carbonyl (C=O) groups is 3. The minimum absolute atomic E-state index is 0.0408. The highest BCUT2D eigenvalue weighted by molar-refractivity contribution is 6.25. The smallest absolute Gasteiger partial charge is 0.266 e. The van der Waals surface area contributed by atoms with Crippen LogP contribution in [-0.2, 0) is 21.7 Å². The van der Waals surface area contributed by atoms with Gasteiger partial charge in [-0.1, -0.05) is 18.2 Å². The highest BCUT2D eigenvalue weighted by Crippen LogP contribution is 2.49. The van der Waals surface area contributed by atoms with Crippen LogP contribution >= 0.6 is 0 Å². The van der Waals surface area contributed by atoms with Crippen LogP contribution in [0.25, 0.3) is 11.5 Å². The van der Waals surface area contributed by atoms with Crippen LogP contribution < -0.4 is 16.4 Å². The number of amides is 2. The third kappa shape index (κ3) is 2.28. The van der Waals surface area contributed by atoms with Crippen molar-refractivity contribution in [2.24, 2.45) is 5.73 Å². The number of nitrogens with zero attached hydrogens (tertiary/aromatic N) is 4. The SMILES string of the molecule is CC(=O)c1cc(-c2nc3c4c(n2)NC4(C(N)=O)C(=O)N3)nn1Cc1ccccc1F. The molecule has 0 bridgehead atoms. The van der Waals surface area contributed by atoms with Crippen molar-refractivity contribution >= 4 is 29.2 Å². The lowest BCUT2D eigenvalue weighted by Crippen LogP contribution is -2.58. The molecule has 2 aliphatic rings. The number of hydrogen-bond donors (Lipinski definition) is 3. The van der Waals surface area contributed by atoms with Crippen molar-refractivity contribution in [3.05, 3.63) is 53.0 Å². The molecule has 0 saturated heterocycles. The third-order valence-corrected chi connectivity index (χ3v) is 5.18. The summed E-state index contributed by atoms with van der Waals surface area (Å²) in [7, 11) is 0. The quantitative estimate of drug-likeness (QED) is 0.419. The predicted octanol–water partition coefficient (Wildman–Crippen LogP) is 0.788. The van der Waals surface area contributed by atoms with Crippen LogP contribution in [0.4, 0.5) is 16.0 Å². The first kappa shape index (κ1) is 17.9. The zero-order valence-electron chi connectivity index (χ0n) is 15.6. The van der Waals surface area contributed by atoms with E-state index >= 15 is 0 Å². The first-order valence-corrected chi connectivity index (χ1v) is 8.96. The molecule has 11 heteroatoms. The van der Waals surface area contributed by atoms with Gasteiger partial charge >= 0.3 is 0 Å². The third-order valence-electron chi connectivity index (χ3n) is 5.18. The van der Waals surface area contributed by atoms with Gasteiger partial charge in [-0.25, -0.2) is 14.4 Å². The Hall–Kier alpha value is -4.15. The number of ketones is 1. The number of halogens is 1. The van der Waals surface area contributed by atoms with Gasteiger partial charge in [0.1, 0.15) is 28.8 Å². The zero-order valence-corrected chi connectivity index (χ0v) is 15.6. The Labute approximate surface area is 168 Å². The lowest BCUT2D eigenvalue weighted by molar-refractivity contribution is -0.131. The fourth-order valence-corrected chi connectivity index (χ4v) is 3.68. The van der Waals surface area contributed by atoms with Crippen LogP contribution in [0, 0.1) is 5.82 Å². The molecule has 2 aliphatic heterocycles. The number of nitrogens with one attached hydrogen (secondary N) is 2. The normalized spacial score (nSPS) is 18.3. The molecule has 0 aliphatic carbocycles. The molecule has 1 atom stereocenters. The molecule has 1 aromatic carbocycles. The molecule has 4 N–H and O–H groups in total. The van der Waals surface area contributed by atoms with Crippen molar-refractivity contribution in [2.45, 2.75) is 19.0 Å². The molecular formula is C19H14FN7O3. The summed E-state index contributed by atoms with van der Waals surface area (Å²) < 4.78 is 15.4. The van der Waals surface area contributed by atoms with Gasteiger partial charge in [-0.3, -0.25) is 19.1 Å². The van der Waals surface area contributed by atoms with Crippen LogP contribution in [0.5, 0.6) is 0 Å². The number of anilines is 2. The maximum absolute atomic E-state index is 14.0. The number of primary amides is 1. The van der Waals surface area contributed by atoms with E-state index in [1.54, 1.807) is 18.2 Å². The molecule has 5 rings (SSSR count). The zero-order chi connectivity index (χ0) is 21.2. The Balaban J connectivity index is 1.57. The average Bonchev–Trinajstić information content (AvgIpc) is 3.19. The van der Waals surface area contributed by atoms with E-state index in [0.29, 0.717) is 11.1 Å². The molecule has 0 radical (unpaired) electrons. The minimum Gasteiger partial charge on any atom is -0.367 e. The summed E-state index contributed by atoms with van der Waals surface area (Å²) in [6.45, 7) is 1.42. The van der Waals surface area contributed by atoms with Crippen LogP contribution in [0.2, 0.25) is 0 Å². The summed E-state index contributed by atoms with van der Waals surface area (Å²) in [5.74, 6) is -1.59. The number of aromatic nitrogens is 4. The van der Waals surface area contributed by atoms with Gasteiger partial charge < -0.3 is 16.4 Å². The standard InChI is InChI=1S/C19H14FN7O3/c1-8(28)12-6-11(26-27(12)7-9-4-2-3-5-10(9)20)14-22-15-13-16(23-14)25-19(13,17(21)29)18(30)24-15/h2-6H,7H2,1H3,(H2,21,29)(H2,22,23,24,25,30). The molecule has 3 aromatic rings. The van der Waals surface area contributed by atoms with Crippen molar-refractivity contribution in [1.82, 2.24) is 19.7 Å². The van der Waals surface area contributed by atoms with E-state index in [-0.39, 0.29) is 41.2 Å². The van der Waals surface area contributed by atoms with E-state index in [4.69, 9.17) is 5.73 Å². The molecule has 150 valence electrons. The molecule has 2 aromatic heterocycles. The van der Waals surface area contributed by atoms with Gasteiger partial charge in [0.05, 0.1) is 12.1 Å². The van der Waals surface area contributed by atoms with Crippen molar-refractivity contribution in [2.75, 3.05) is 10.6 Å². The molecular weight excluding hydrogens is 393 g/mol. The second-order valence-electron chi connectivity index (χ2n) is 7.03. The number of nitrogens with two attached hydrogens (primary N) is 1. The van der Waals surface area contributed by atoms with Gasteiger partial charge in [0, 0.05) is 12.5 Å². The maximum atomic E-state index is 14.0. The van der Waals surface area contributed by atoms with Crippen molar-refractivity contribution in [3.8, 4) is 11.5 Å². The van der Waals surface area contributed by atoms with E-state index in [2.05, 4.69) is 25.7 Å². The van der Waals surface area contributed by atoms with Gasteiger partial charge in [0.15, 0.2) is 11.6 Å². The Morgan fingerprint density at radius 3 is 2.67 bits per heavy atom. The maximum Gasteiger partial charge on any atom is 0.266 e. The first-order chi connectivity index (χ1) is 14.3. The van der Waals surface area contributed by atoms with Crippen molar-refractivity contribution < 1.29 is 18.8 Å². The topological polar surface area (TPSA) is 145 Å². The van der Waals surface area contributed by atoms with Gasteiger partial charge in [0.2, 0.25) is 5.54 Å². The van der Waals surface area contributed by atoms with E-state index < -0.39 is 23.2 Å². The number of hydrogen-bond acceptors (Lipinski definition) is 7. The molecule has 0 spiro atoms. The second kappa shape index (κ2) is 5.92.